The summed E-state index contributed by atoms with van der Waals surface area (Å²) in [7, 11) is 0. The van der Waals surface area contributed by atoms with Gasteiger partial charge >= 0.3 is 11.8 Å². The molecule has 120 valence electrons. The number of hydrogen-bond acceptors (Lipinski definition) is 2. The molecular formula is C17H16Cl2N2O2. The zero-order valence-electron chi connectivity index (χ0n) is 12.3. The van der Waals surface area contributed by atoms with Crippen LogP contribution in [0.1, 0.15) is 12.0 Å². The number of aryl methyl sites for hydroxylation is 1. The Hall–Kier alpha value is -2.04. The van der Waals surface area contributed by atoms with Gasteiger partial charge in [0.25, 0.3) is 0 Å². The van der Waals surface area contributed by atoms with E-state index in [1.165, 1.54) is 11.6 Å². The third-order valence-corrected chi connectivity index (χ3v) is 3.72. The van der Waals surface area contributed by atoms with E-state index in [2.05, 4.69) is 10.6 Å². The highest BCUT2D eigenvalue weighted by atomic mass is 35.5. The first-order valence-corrected chi connectivity index (χ1v) is 7.90. The first-order valence-electron chi connectivity index (χ1n) is 7.14. The van der Waals surface area contributed by atoms with Crippen molar-refractivity contribution in [3.05, 3.63) is 64.1 Å². The Morgan fingerprint density at radius 2 is 1.70 bits per heavy atom. The summed E-state index contributed by atoms with van der Waals surface area (Å²) in [6.45, 7) is 0.421. The van der Waals surface area contributed by atoms with Gasteiger partial charge in [0.1, 0.15) is 0 Å². The Morgan fingerprint density at radius 1 is 0.957 bits per heavy atom. The van der Waals surface area contributed by atoms with Gasteiger partial charge in [-0.05, 0) is 36.6 Å². The molecule has 0 saturated carbocycles. The molecular weight excluding hydrogens is 335 g/mol. The lowest BCUT2D eigenvalue weighted by atomic mass is 10.1. The smallest absolute Gasteiger partial charge is 0.313 e. The first kappa shape index (κ1) is 17.3. The maximum Gasteiger partial charge on any atom is 0.313 e. The van der Waals surface area contributed by atoms with Crippen molar-refractivity contribution in [1.82, 2.24) is 5.32 Å². The average Bonchev–Trinajstić information content (AvgIpc) is 2.55. The fourth-order valence-electron chi connectivity index (χ4n) is 1.99. The van der Waals surface area contributed by atoms with Crippen molar-refractivity contribution in [1.29, 1.82) is 0 Å². The number of amides is 2. The maximum absolute atomic E-state index is 11.8. The predicted molar refractivity (Wildman–Crippen MR) is 92.9 cm³/mol. The van der Waals surface area contributed by atoms with Crippen LogP contribution in [0.15, 0.2) is 48.5 Å². The molecule has 23 heavy (non-hydrogen) atoms. The molecule has 4 nitrogen and oxygen atoms in total. The molecule has 2 amide bonds. The van der Waals surface area contributed by atoms with Gasteiger partial charge in [-0.25, -0.2) is 0 Å². The summed E-state index contributed by atoms with van der Waals surface area (Å²) < 4.78 is 0. The molecule has 2 N–H and O–H groups in total. The minimum atomic E-state index is -0.770. The number of rotatable bonds is 5. The van der Waals surface area contributed by atoms with Crippen LogP contribution in [-0.2, 0) is 16.0 Å². The number of carbonyl (C=O) groups is 2. The third kappa shape index (κ3) is 5.58. The maximum atomic E-state index is 11.8. The Kier molecular flexibility index (Phi) is 6.44. The second-order valence-corrected chi connectivity index (χ2v) is 5.77. The predicted octanol–water partition coefficient (Wildman–Crippen LogP) is 3.68. The van der Waals surface area contributed by atoms with Gasteiger partial charge in [-0.2, -0.15) is 0 Å². The molecule has 0 heterocycles. The molecule has 0 aliphatic carbocycles. The summed E-state index contributed by atoms with van der Waals surface area (Å²) >= 11 is 11.8. The minimum Gasteiger partial charge on any atom is -0.348 e. The van der Waals surface area contributed by atoms with E-state index in [0.717, 1.165) is 12.8 Å². The van der Waals surface area contributed by atoms with Crippen molar-refractivity contribution in [2.75, 3.05) is 11.9 Å². The zero-order valence-corrected chi connectivity index (χ0v) is 13.8. The number of halogens is 2. The van der Waals surface area contributed by atoms with E-state index in [9.17, 15) is 9.59 Å². The first-order chi connectivity index (χ1) is 11.1. The van der Waals surface area contributed by atoms with Crippen LogP contribution in [0.5, 0.6) is 0 Å². The molecule has 2 rings (SSSR count). The van der Waals surface area contributed by atoms with E-state index in [1.807, 2.05) is 30.3 Å². The monoisotopic (exact) mass is 350 g/mol. The van der Waals surface area contributed by atoms with Crippen molar-refractivity contribution in [3.63, 3.8) is 0 Å². The number of benzene rings is 2. The zero-order chi connectivity index (χ0) is 16.7. The Balaban J connectivity index is 1.77. The highest BCUT2D eigenvalue weighted by Gasteiger charge is 2.14. The second-order valence-electron chi connectivity index (χ2n) is 4.92. The molecule has 6 heteroatoms. The van der Waals surface area contributed by atoms with Gasteiger partial charge in [0.15, 0.2) is 0 Å². The topological polar surface area (TPSA) is 58.2 Å². The Morgan fingerprint density at radius 3 is 2.43 bits per heavy atom. The van der Waals surface area contributed by atoms with E-state index in [-0.39, 0.29) is 0 Å². The molecule has 0 atom stereocenters. The molecule has 2 aromatic carbocycles. The van der Waals surface area contributed by atoms with Crippen molar-refractivity contribution in [2.24, 2.45) is 0 Å². The highest BCUT2D eigenvalue weighted by Crippen LogP contribution is 2.25. The van der Waals surface area contributed by atoms with Crippen LogP contribution in [0.4, 0.5) is 5.69 Å². The lowest BCUT2D eigenvalue weighted by Gasteiger charge is -2.08. The van der Waals surface area contributed by atoms with E-state index in [4.69, 9.17) is 23.2 Å². The molecule has 0 saturated heterocycles. The van der Waals surface area contributed by atoms with Crippen LogP contribution in [0.25, 0.3) is 0 Å². The van der Waals surface area contributed by atoms with Gasteiger partial charge in [0.05, 0.1) is 10.7 Å². The average molecular weight is 351 g/mol. The molecule has 0 aliphatic heterocycles. The largest absolute Gasteiger partial charge is 0.348 e. The molecule has 0 spiro atoms. The fourth-order valence-corrected chi connectivity index (χ4v) is 2.33. The van der Waals surface area contributed by atoms with E-state index >= 15 is 0 Å². The SMILES string of the molecule is O=C(NCCCc1ccccc1)C(=O)Nc1cc(Cl)ccc1Cl. The number of anilines is 1. The summed E-state index contributed by atoms with van der Waals surface area (Å²) in [4.78, 5) is 23.6. The van der Waals surface area contributed by atoms with Gasteiger partial charge in [-0.1, -0.05) is 53.5 Å². The van der Waals surface area contributed by atoms with Crippen LogP contribution in [0.2, 0.25) is 10.0 Å². The van der Waals surface area contributed by atoms with Gasteiger partial charge in [0, 0.05) is 11.6 Å². The van der Waals surface area contributed by atoms with E-state index in [1.54, 1.807) is 12.1 Å². The van der Waals surface area contributed by atoms with Crippen LogP contribution in [0.3, 0.4) is 0 Å². The molecule has 0 aromatic heterocycles. The van der Waals surface area contributed by atoms with Gasteiger partial charge in [-0.15, -0.1) is 0 Å². The minimum absolute atomic E-state index is 0.309. The molecule has 0 radical (unpaired) electrons. The summed E-state index contributed by atoms with van der Waals surface area (Å²) in [5, 5.41) is 5.77. The van der Waals surface area contributed by atoms with Gasteiger partial charge < -0.3 is 10.6 Å². The third-order valence-electron chi connectivity index (χ3n) is 3.15. The number of hydrogen-bond donors (Lipinski definition) is 2. The van der Waals surface area contributed by atoms with Gasteiger partial charge in [0.2, 0.25) is 0 Å². The molecule has 0 unspecified atom stereocenters. The molecule has 0 fully saturated rings. The Labute approximate surface area is 144 Å². The summed E-state index contributed by atoms with van der Waals surface area (Å²) in [6, 6.07) is 14.6. The lowest BCUT2D eigenvalue weighted by molar-refractivity contribution is -0.136. The lowest BCUT2D eigenvalue weighted by Crippen LogP contribution is -2.36. The number of nitrogens with one attached hydrogen (secondary N) is 2. The molecule has 2 aromatic rings. The summed E-state index contributed by atoms with van der Waals surface area (Å²) in [5.74, 6) is -1.47. The van der Waals surface area contributed by atoms with Crippen molar-refractivity contribution in [3.8, 4) is 0 Å². The fraction of sp³-hybridized carbons (Fsp3) is 0.176. The van der Waals surface area contributed by atoms with E-state index < -0.39 is 11.8 Å². The highest BCUT2D eigenvalue weighted by molar-refractivity contribution is 6.42. The van der Waals surface area contributed by atoms with E-state index in [0.29, 0.717) is 22.3 Å². The molecule has 0 aliphatic rings. The van der Waals surface area contributed by atoms with Crippen molar-refractivity contribution >= 4 is 40.7 Å². The second kappa shape index (κ2) is 8.56. The van der Waals surface area contributed by atoms with Gasteiger partial charge in [-0.3, -0.25) is 9.59 Å². The summed E-state index contributed by atoms with van der Waals surface area (Å²) in [6.07, 6.45) is 1.59. The number of carbonyl (C=O) groups excluding carboxylic acids is 2. The van der Waals surface area contributed by atoms with Crippen molar-refractivity contribution < 1.29 is 9.59 Å². The van der Waals surface area contributed by atoms with Crippen molar-refractivity contribution in [2.45, 2.75) is 12.8 Å². The van der Waals surface area contributed by atoms with Crippen LogP contribution in [-0.4, -0.2) is 18.4 Å². The Bertz CT molecular complexity index is 690. The molecule has 0 bridgehead atoms. The summed E-state index contributed by atoms with van der Waals surface area (Å²) in [5.41, 5.74) is 1.50. The van der Waals surface area contributed by atoms with Crippen LogP contribution < -0.4 is 10.6 Å². The quantitative estimate of drug-likeness (QED) is 0.638. The van der Waals surface area contributed by atoms with Crippen LogP contribution in [0, 0.1) is 0 Å². The van der Waals surface area contributed by atoms with Crippen LogP contribution >= 0.6 is 23.2 Å². The standard InChI is InChI=1S/C17H16Cl2N2O2/c18-13-8-9-14(19)15(11-13)21-17(23)16(22)20-10-4-7-12-5-2-1-3-6-12/h1-3,5-6,8-9,11H,4,7,10H2,(H,20,22)(H,21,23). The normalized spacial score (nSPS) is 10.2.